The molecule has 4 nitrogen and oxygen atoms in total. The normalized spacial score (nSPS) is 21.2. The van der Waals surface area contributed by atoms with Crippen molar-refractivity contribution in [3.8, 4) is 5.75 Å². The number of hydrogen-bond donors (Lipinski definition) is 3. The van der Waals surface area contributed by atoms with E-state index in [1.807, 2.05) is 42.5 Å². The van der Waals surface area contributed by atoms with E-state index in [-0.39, 0.29) is 23.5 Å². The van der Waals surface area contributed by atoms with Gasteiger partial charge in [-0.05, 0) is 47.7 Å². The number of ketones is 1. The fourth-order valence-electron chi connectivity index (χ4n) is 4.17. The van der Waals surface area contributed by atoms with E-state index in [0.717, 1.165) is 34.6 Å². The summed E-state index contributed by atoms with van der Waals surface area (Å²) >= 11 is 1.71. The largest absolute Gasteiger partial charge is 0.508 e. The Bertz CT molecular complexity index is 1070. The SMILES string of the molecule is O=C1C[C@@H](c2cccs2)CC2=C1[C@@H](c1cccc(O)c1)Nc1ccccc1N2. The first kappa shape index (κ1) is 17.1. The Labute approximate surface area is 167 Å². The number of benzene rings is 2. The van der Waals surface area contributed by atoms with Crippen LogP contribution < -0.4 is 10.6 Å². The molecule has 0 saturated carbocycles. The molecule has 1 aliphatic carbocycles. The molecule has 2 aliphatic rings. The van der Waals surface area contributed by atoms with E-state index >= 15 is 0 Å². The highest BCUT2D eigenvalue weighted by molar-refractivity contribution is 7.10. The van der Waals surface area contributed by atoms with E-state index in [4.69, 9.17) is 0 Å². The molecule has 3 N–H and O–H groups in total. The van der Waals surface area contributed by atoms with Crippen LogP contribution in [0.15, 0.2) is 77.3 Å². The highest BCUT2D eigenvalue weighted by Crippen LogP contribution is 2.45. The van der Waals surface area contributed by atoms with Crippen molar-refractivity contribution in [2.45, 2.75) is 24.8 Å². The van der Waals surface area contributed by atoms with Crippen LogP contribution in [0.4, 0.5) is 11.4 Å². The number of aromatic hydroxyl groups is 1. The lowest BCUT2D eigenvalue weighted by Gasteiger charge is -2.29. The molecule has 5 rings (SSSR count). The van der Waals surface area contributed by atoms with Gasteiger partial charge < -0.3 is 15.7 Å². The zero-order valence-corrected chi connectivity index (χ0v) is 16.0. The van der Waals surface area contributed by atoms with Crippen molar-refractivity contribution in [3.63, 3.8) is 0 Å². The van der Waals surface area contributed by atoms with Gasteiger partial charge in [0, 0.05) is 28.5 Å². The van der Waals surface area contributed by atoms with Gasteiger partial charge in [-0.2, -0.15) is 0 Å². The van der Waals surface area contributed by atoms with Crippen LogP contribution in [0, 0.1) is 0 Å². The number of carbonyl (C=O) groups is 1. The summed E-state index contributed by atoms with van der Waals surface area (Å²) in [7, 11) is 0. The minimum atomic E-state index is -0.296. The first-order chi connectivity index (χ1) is 13.7. The second-order valence-corrected chi connectivity index (χ2v) is 8.26. The molecule has 0 unspecified atom stereocenters. The molecule has 0 saturated heterocycles. The molecule has 0 fully saturated rings. The van der Waals surface area contributed by atoms with Crippen molar-refractivity contribution in [2.75, 3.05) is 10.6 Å². The number of Topliss-reactive ketones (excluding diaryl/α,β-unsaturated/α-hetero) is 1. The number of phenolic OH excluding ortho intramolecular Hbond substituents is 1. The minimum Gasteiger partial charge on any atom is -0.508 e. The molecule has 0 radical (unpaired) electrons. The fourth-order valence-corrected chi connectivity index (χ4v) is 5.00. The van der Waals surface area contributed by atoms with E-state index in [1.165, 1.54) is 4.88 Å². The van der Waals surface area contributed by atoms with Crippen molar-refractivity contribution in [1.29, 1.82) is 0 Å². The van der Waals surface area contributed by atoms with Crippen molar-refractivity contribution in [1.82, 2.24) is 0 Å². The summed E-state index contributed by atoms with van der Waals surface area (Å²) in [5.74, 6) is 0.557. The Kier molecular flexibility index (Phi) is 4.17. The van der Waals surface area contributed by atoms with Gasteiger partial charge in [0.25, 0.3) is 0 Å². The third-order valence-corrected chi connectivity index (χ3v) is 6.49. The van der Waals surface area contributed by atoms with Gasteiger partial charge in [0.1, 0.15) is 5.75 Å². The average molecular weight is 388 g/mol. The molecule has 0 amide bonds. The number of allylic oxidation sites excluding steroid dienone is 1. The predicted molar refractivity (Wildman–Crippen MR) is 113 cm³/mol. The Hall–Kier alpha value is -3.05. The Morgan fingerprint density at radius 1 is 0.964 bits per heavy atom. The van der Waals surface area contributed by atoms with E-state index in [2.05, 4.69) is 22.1 Å². The van der Waals surface area contributed by atoms with Crippen LogP contribution in [0.2, 0.25) is 0 Å². The van der Waals surface area contributed by atoms with Crippen LogP contribution in [0.5, 0.6) is 5.75 Å². The van der Waals surface area contributed by atoms with Crippen LogP contribution >= 0.6 is 11.3 Å². The Morgan fingerprint density at radius 2 is 1.82 bits per heavy atom. The maximum atomic E-state index is 13.3. The first-order valence-electron chi connectivity index (χ1n) is 9.40. The van der Waals surface area contributed by atoms with Gasteiger partial charge in [-0.25, -0.2) is 0 Å². The quantitative estimate of drug-likeness (QED) is 0.548. The number of fused-ring (bicyclic) bond motifs is 1. The third-order valence-electron chi connectivity index (χ3n) is 5.46. The summed E-state index contributed by atoms with van der Waals surface area (Å²) in [6.07, 6.45) is 1.31. The van der Waals surface area contributed by atoms with Gasteiger partial charge in [0.2, 0.25) is 0 Å². The second kappa shape index (κ2) is 6.84. The van der Waals surface area contributed by atoms with Crippen LogP contribution in [0.3, 0.4) is 0 Å². The molecule has 1 aromatic heterocycles. The summed E-state index contributed by atoms with van der Waals surface area (Å²) in [5.41, 5.74) is 4.55. The van der Waals surface area contributed by atoms with Crippen molar-refractivity contribution < 1.29 is 9.90 Å². The monoisotopic (exact) mass is 388 g/mol. The number of nitrogens with one attached hydrogen (secondary N) is 2. The fraction of sp³-hybridized carbons (Fsp3) is 0.174. The molecule has 2 aromatic carbocycles. The third kappa shape index (κ3) is 2.98. The van der Waals surface area contributed by atoms with E-state index in [1.54, 1.807) is 23.5 Å². The van der Waals surface area contributed by atoms with Gasteiger partial charge in [0.05, 0.1) is 17.4 Å². The highest BCUT2D eigenvalue weighted by Gasteiger charge is 2.36. The second-order valence-electron chi connectivity index (χ2n) is 7.28. The van der Waals surface area contributed by atoms with Crippen LogP contribution in [0.1, 0.15) is 35.2 Å². The van der Waals surface area contributed by atoms with Crippen molar-refractivity contribution in [2.24, 2.45) is 0 Å². The first-order valence-corrected chi connectivity index (χ1v) is 10.3. The lowest BCUT2D eigenvalue weighted by Crippen LogP contribution is -2.26. The number of phenols is 1. The molecule has 1 aliphatic heterocycles. The Morgan fingerprint density at radius 3 is 2.61 bits per heavy atom. The number of carbonyl (C=O) groups excluding carboxylic acids is 1. The van der Waals surface area contributed by atoms with E-state index < -0.39 is 0 Å². The summed E-state index contributed by atoms with van der Waals surface area (Å²) < 4.78 is 0. The molecule has 28 heavy (non-hydrogen) atoms. The van der Waals surface area contributed by atoms with Crippen molar-refractivity contribution >= 4 is 28.5 Å². The molecule has 0 spiro atoms. The molecular formula is C23H20N2O2S. The number of anilines is 2. The summed E-state index contributed by atoms with van der Waals surface area (Å²) in [5, 5.41) is 19.1. The van der Waals surface area contributed by atoms with E-state index in [0.29, 0.717) is 6.42 Å². The number of thiophene rings is 1. The maximum Gasteiger partial charge on any atom is 0.163 e. The lowest BCUT2D eigenvalue weighted by molar-refractivity contribution is -0.116. The van der Waals surface area contributed by atoms with Gasteiger partial charge in [-0.3, -0.25) is 4.79 Å². The molecule has 2 heterocycles. The van der Waals surface area contributed by atoms with Crippen LogP contribution in [-0.4, -0.2) is 10.9 Å². The summed E-state index contributed by atoms with van der Waals surface area (Å²) in [6, 6.07) is 19.0. The molecule has 3 aromatic rings. The zero-order valence-electron chi connectivity index (χ0n) is 15.2. The zero-order chi connectivity index (χ0) is 19.1. The molecule has 140 valence electrons. The molecule has 2 atom stereocenters. The molecule has 5 heteroatoms. The summed E-state index contributed by atoms with van der Waals surface area (Å²) in [6.45, 7) is 0. The number of hydrogen-bond acceptors (Lipinski definition) is 5. The molecular weight excluding hydrogens is 368 g/mol. The van der Waals surface area contributed by atoms with Gasteiger partial charge in [-0.1, -0.05) is 30.3 Å². The number of rotatable bonds is 2. The average Bonchev–Trinajstić information content (AvgIpc) is 3.17. The van der Waals surface area contributed by atoms with Crippen LogP contribution in [-0.2, 0) is 4.79 Å². The predicted octanol–water partition coefficient (Wildman–Crippen LogP) is 5.43. The maximum absolute atomic E-state index is 13.3. The molecule has 0 bridgehead atoms. The van der Waals surface area contributed by atoms with Gasteiger partial charge in [0.15, 0.2) is 5.78 Å². The van der Waals surface area contributed by atoms with E-state index in [9.17, 15) is 9.90 Å². The number of para-hydroxylation sites is 2. The van der Waals surface area contributed by atoms with Crippen LogP contribution in [0.25, 0.3) is 0 Å². The topological polar surface area (TPSA) is 61.4 Å². The van der Waals surface area contributed by atoms with Gasteiger partial charge >= 0.3 is 0 Å². The lowest BCUT2D eigenvalue weighted by atomic mass is 9.81. The minimum absolute atomic E-state index is 0.154. The highest BCUT2D eigenvalue weighted by atomic mass is 32.1. The smallest absolute Gasteiger partial charge is 0.163 e. The Balaban J connectivity index is 1.64. The van der Waals surface area contributed by atoms with Crippen molar-refractivity contribution in [3.05, 3.63) is 87.8 Å². The van der Waals surface area contributed by atoms with Gasteiger partial charge in [-0.15, -0.1) is 11.3 Å². The standard InChI is InChI=1S/C23H20N2O2S/c26-16-6-3-5-14(11-16)23-22-19(24-17-7-1-2-8-18(17)25-23)12-15(13-20(22)27)21-9-4-10-28-21/h1-11,15,23-26H,12-13H2/t15-,23+/m0/s1. The summed E-state index contributed by atoms with van der Waals surface area (Å²) in [4.78, 5) is 14.6.